The minimum atomic E-state index is -0.625. The number of rotatable bonds is 10. The van der Waals surface area contributed by atoms with Gasteiger partial charge >= 0.3 is 0 Å². The Hall–Kier alpha value is -3.96. The number of nitrogens with zero attached hydrogens (tertiary/aromatic N) is 2. The van der Waals surface area contributed by atoms with Gasteiger partial charge in [-0.1, -0.05) is 35.0 Å². The van der Waals surface area contributed by atoms with E-state index in [4.69, 9.17) is 30.3 Å². The number of amides is 1. The Morgan fingerprint density at radius 3 is 2.64 bits per heavy atom. The van der Waals surface area contributed by atoms with Crippen LogP contribution in [0.4, 0.5) is 5.82 Å². The summed E-state index contributed by atoms with van der Waals surface area (Å²) in [4.78, 5) is 12.4. The van der Waals surface area contributed by atoms with Crippen molar-refractivity contribution in [3.8, 4) is 23.3 Å². The van der Waals surface area contributed by atoms with E-state index in [1.807, 2.05) is 36.4 Å². The molecule has 0 saturated carbocycles. The summed E-state index contributed by atoms with van der Waals surface area (Å²) < 4.78 is 21.7. The molecule has 0 bridgehead atoms. The van der Waals surface area contributed by atoms with E-state index in [2.05, 4.69) is 10.5 Å². The largest absolute Gasteiger partial charge is 0.493 e. The average molecular weight is 468 g/mol. The maximum atomic E-state index is 12.4. The fourth-order valence-corrected chi connectivity index (χ4v) is 3.10. The van der Waals surface area contributed by atoms with Gasteiger partial charge in [-0.2, -0.15) is 5.26 Å². The number of ether oxygens (including phenoxy) is 3. The van der Waals surface area contributed by atoms with Crippen LogP contribution in [0, 0.1) is 18.3 Å². The van der Waals surface area contributed by atoms with Crippen LogP contribution in [0.5, 0.6) is 17.2 Å². The monoisotopic (exact) mass is 467 g/mol. The molecule has 3 rings (SSSR count). The Balaban J connectivity index is 1.64. The van der Waals surface area contributed by atoms with Gasteiger partial charge in [0.05, 0.1) is 25.3 Å². The molecule has 0 aliphatic heterocycles. The Morgan fingerprint density at radius 2 is 1.97 bits per heavy atom. The normalized spacial score (nSPS) is 10.9. The molecule has 0 aliphatic rings. The van der Waals surface area contributed by atoms with Gasteiger partial charge in [0, 0.05) is 12.5 Å². The molecule has 0 fully saturated rings. The molecule has 2 aromatic carbocycles. The van der Waals surface area contributed by atoms with Crippen LogP contribution in [-0.4, -0.2) is 31.4 Å². The summed E-state index contributed by atoms with van der Waals surface area (Å²) in [5.41, 5.74) is 0.361. The van der Waals surface area contributed by atoms with E-state index in [1.54, 1.807) is 25.1 Å². The molecule has 1 amide bonds. The zero-order chi connectivity index (χ0) is 23.6. The first kappa shape index (κ1) is 23.7. The van der Waals surface area contributed by atoms with Gasteiger partial charge < -0.3 is 24.1 Å². The summed E-state index contributed by atoms with van der Waals surface area (Å²) in [6.07, 6.45) is 2.03. The quantitative estimate of drug-likeness (QED) is 0.253. The van der Waals surface area contributed by atoms with Crippen LogP contribution in [-0.2, 0) is 4.79 Å². The van der Waals surface area contributed by atoms with Crippen LogP contribution in [0.1, 0.15) is 17.7 Å². The highest BCUT2D eigenvalue weighted by Gasteiger charge is 2.15. The zero-order valence-electron chi connectivity index (χ0n) is 18.1. The lowest BCUT2D eigenvalue weighted by Gasteiger charge is -2.14. The van der Waals surface area contributed by atoms with Crippen molar-refractivity contribution in [1.82, 2.24) is 5.16 Å². The molecule has 0 aliphatic carbocycles. The number of benzene rings is 2. The molecule has 0 saturated heterocycles. The second-order valence-corrected chi connectivity index (χ2v) is 7.25. The van der Waals surface area contributed by atoms with Crippen molar-refractivity contribution in [3.05, 3.63) is 70.5 Å². The molecule has 0 atom stereocenters. The first-order valence-corrected chi connectivity index (χ1v) is 10.4. The van der Waals surface area contributed by atoms with Crippen LogP contribution in [0.3, 0.4) is 0 Å². The van der Waals surface area contributed by atoms with E-state index in [0.29, 0.717) is 42.5 Å². The Labute approximate surface area is 196 Å². The molecule has 0 unspecified atom stereocenters. The molecule has 1 heterocycles. The third-order valence-corrected chi connectivity index (χ3v) is 4.63. The highest BCUT2D eigenvalue weighted by Crippen LogP contribution is 2.37. The van der Waals surface area contributed by atoms with E-state index in [-0.39, 0.29) is 16.4 Å². The van der Waals surface area contributed by atoms with Gasteiger partial charge in [0.25, 0.3) is 5.91 Å². The van der Waals surface area contributed by atoms with Crippen molar-refractivity contribution in [3.63, 3.8) is 0 Å². The first-order chi connectivity index (χ1) is 16.0. The third kappa shape index (κ3) is 6.76. The minimum Gasteiger partial charge on any atom is -0.493 e. The fourth-order valence-electron chi connectivity index (χ4n) is 2.83. The lowest BCUT2D eigenvalue weighted by atomic mass is 10.1. The fraction of sp³-hybridized carbons (Fsp3) is 0.208. The van der Waals surface area contributed by atoms with E-state index in [0.717, 1.165) is 5.75 Å². The second-order valence-electron chi connectivity index (χ2n) is 6.84. The molecule has 1 aromatic heterocycles. The summed E-state index contributed by atoms with van der Waals surface area (Å²) in [6, 6.07) is 16.1. The van der Waals surface area contributed by atoms with Gasteiger partial charge in [-0.3, -0.25) is 4.79 Å². The third-order valence-electron chi connectivity index (χ3n) is 4.34. The topological polar surface area (TPSA) is 107 Å². The number of nitrogens with one attached hydrogen (secondary N) is 1. The Bertz CT molecular complexity index is 1170. The molecule has 9 heteroatoms. The number of halogens is 1. The van der Waals surface area contributed by atoms with Gasteiger partial charge in [0.15, 0.2) is 17.3 Å². The van der Waals surface area contributed by atoms with Crippen LogP contribution < -0.4 is 19.5 Å². The standard InChI is InChI=1S/C24H22ClN3O5/c1-16-11-22(28-33-16)27-24(29)18(15-26)12-17-13-20(25)23(21(14-17)30-2)32-10-6-9-31-19-7-4-3-5-8-19/h3-5,7-8,11-14H,6,9-10H2,1-2H3,(H,27,28,29). The zero-order valence-corrected chi connectivity index (χ0v) is 18.9. The number of methoxy groups -OCH3 is 1. The minimum absolute atomic E-state index is 0.138. The summed E-state index contributed by atoms with van der Waals surface area (Å²) >= 11 is 6.39. The Morgan fingerprint density at radius 1 is 1.21 bits per heavy atom. The number of carbonyl (C=O) groups excluding carboxylic acids is 1. The highest BCUT2D eigenvalue weighted by atomic mass is 35.5. The van der Waals surface area contributed by atoms with Crippen LogP contribution in [0.25, 0.3) is 6.08 Å². The van der Waals surface area contributed by atoms with Crippen LogP contribution in [0.15, 0.2) is 58.6 Å². The van der Waals surface area contributed by atoms with Gasteiger partial charge in [0.2, 0.25) is 0 Å². The molecular weight excluding hydrogens is 446 g/mol. The van der Waals surface area contributed by atoms with Crippen molar-refractivity contribution in [1.29, 1.82) is 5.26 Å². The maximum Gasteiger partial charge on any atom is 0.267 e. The molecule has 0 radical (unpaired) electrons. The smallest absolute Gasteiger partial charge is 0.267 e. The summed E-state index contributed by atoms with van der Waals surface area (Å²) in [6.45, 7) is 2.54. The molecule has 33 heavy (non-hydrogen) atoms. The van der Waals surface area contributed by atoms with E-state index >= 15 is 0 Å². The molecular formula is C24H22ClN3O5. The van der Waals surface area contributed by atoms with Crippen molar-refractivity contribution in [2.24, 2.45) is 0 Å². The second kappa shape index (κ2) is 11.6. The van der Waals surface area contributed by atoms with E-state index in [1.165, 1.54) is 13.2 Å². The number of carbonyl (C=O) groups is 1. The SMILES string of the molecule is COc1cc(C=C(C#N)C(=O)Nc2cc(C)on2)cc(Cl)c1OCCCOc1ccccc1. The van der Waals surface area contributed by atoms with Crippen LogP contribution in [0.2, 0.25) is 5.02 Å². The van der Waals surface area contributed by atoms with Crippen molar-refractivity contribution < 1.29 is 23.5 Å². The first-order valence-electron chi connectivity index (χ1n) is 10.0. The van der Waals surface area contributed by atoms with E-state index in [9.17, 15) is 10.1 Å². The van der Waals surface area contributed by atoms with Crippen molar-refractivity contribution in [2.45, 2.75) is 13.3 Å². The predicted molar refractivity (Wildman–Crippen MR) is 124 cm³/mol. The number of para-hydroxylation sites is 1. The van der Waals surface area contributed by atoms with Crippen LogP contribution >= 0.6 is 11.6 Å². The predicted octanol–water partition coefficient (Wildman–Crippen LogP) is 5.04. The average Bonchev–Trinajstić information content (AvgIpc) is 3.22. The number of aryl methyl sites for hydroxylation is 1. The van der Waals surface area contributed by atoms with Crippen molar-refractivity contribution in [2.75, 3.05) is 25.6 Å². The summed E-state index contributed by atoms with van der Waals surface area (Å²) in [5.74, 6) is 1.67. The molecule has 170 valence electrons. The van der Waals surface area contributed by atoms with Gasteiger partial charge in [0.1, 0.15) is 23.2 Å². The Kier molecular flexibility index (Phi) is 8.33. The molecule has 1 N–H and O–H groups in total. The lowest BCUT2D eigenvalue weighted by molar-refractivity contribution is -0.112. The number of aromatic nitrogens is 1. The molecule has 3 aromatic rings. The number of anilines is 1. The van der Waals surface area contributed by atoms with Gasteiger partial charge in [-0.15, -0.1) is 0 Å². The maximum absolute atomic E-state index is 12.4. The summed E-state index contributed by atoms with van der Waals surface area (Å²) in [7, 11) is 1.48. The molecule has 8 nitrogen and oxygen atoms in total. The number of hydrogen-bond acceptors (Lipinski definition) is 7. The van der Waals surface area contributed by atoms with Gasteiger partial charge in [-0.25, -0.2) is 0 Å². The lowest BCUT2D eigenvalue weighted by Crippen LogP contribution is -2.13. The molecule has 0 spiro atoms. The highest BCUT2D eigenvalue weighted by molar-refractivity contribution is 6.32. The summed E-state index contributed by atoms with van der Waals surface area (Å²) in [5, 5.41) is 15.9. The van der Waals surface area contributed by atoms with Crippen molar-refractivity contribution >= 4 is 29.4 Å². The number of nitriles is 1. The number of hydrogen-bond donors (Lipinski definition) is 1. The van der Waals surface area contributed by atoms with E-state index < -0.39 is 5.91 Å². The van der Waals surface area contributed by atoms with Gasteiger partial charge in [-0.05, 0) is 42.8 Å².